The molecule has 6 heteroatoms. The summed E-state index contributed by atoms with van der Waals surface area (Å²) in [5.74, 6) is -0.161. The number of piperidine rings is 1. The van der Waals surface area contributed by atoms with Crippen LogP contribution in [-0.2, 0) is 14.3 Å². The van der Waals surface area contributed by atoms with Gasteiger partial charge < -0.3 is 9.64 Å². The van der Waals surface area contributed by atoms with Gasteiger partial charge in [-0.15, -0.1) is 0 Å². The summed E-state index contributed by atoms with van der Waals surface area (Å²) < 4.78 is 4.78. The van der Waals surface area contributed by atoms with Gasteiger partial charge in [-0.25, -0.2) is 0 Å². The van der Waals surface area contributed by atoms with Gasteiger partial charge in [0.15, 0.2) is 0 Å². The van der Waals surface area contributed by atoms with Gasteiger partial charge in [0.25, 0.3) is 0 Å². The smallest absolute Gasteiger partial charge is 0.308 e. The van der Waals surface area contributed by atoms with Gasteiger partial charge in [0.05, 0.1) is 19.6 Å². The van der Waals surface area contributed by atoms with Crippen molar-refractivity contribution in [1.29, 1.82) is 0 Å². The molecule has 1 aliphatic heterocycles. The summed E-state index contributed by atoms with van der Waals surface area (Å²) in [6, 6.07) is 7.80. The summed E-state index contributed by atoms with van der Waals surface area (Å²) in [5.41, 5.74) is 1.09. The van der Waals surface area contributed by atoms with Gasteiger partial charge in [-0.1, -0.05) is 23.7 Å². The molecule has 0 saturated carbocycles. The average molecular weight is 353 g/mol. The summed E-state index contributed by atoms with van der Waals surface area (Å²) in [4.78, 5) is 27.9. The van der Waals surface area contributed by atoms with Crippen molar-refractivity contribution in [2.45, 2.75) is 25.8 Å². The van der Waals surface area contributed by atoms with E-state index < -0.39 is 0 Å². The van der Waals surface area contributed by atoms with Crippen LogP contribution in [0.25, 0.3) is 0 Å². The Labute approximate surface area is 148 Å². The number of esters is 1. The number of nitrogens with zero attached hydrogens (tertiary/aromatic N) is 2. The van der Waals surface area contributed by atoms with Gasteiger partial charge in [-0.05, 0) is 44.5 Å². The van der Waals surface area contributed by atoms with Gasteiger partial charge in [0.1, 0.15) is 0 Å². The molecule has 0 bridgehead atoms. The number of amides is 1. The number of likely N-dealkylation sites (tertiary alicyclic amines) is 1. The number of carbonyl (C=O) groups excluding carboxylic acids is 2. The van der Waals surface area contributed by atoms with Crippen LogP contribution >= 0.6 is 11.6 Å². The number of hydrogen-bond donors (Lipinski definition) is 0. The van der Waals surface area contributed by atoms with Crippen molar-refractivity contribution in [1.82, 2.24) is 9.80 Å². The number of ether oxygens (including phenoxy) is 1. The summed E-state index contributed by atoms with van der Waals surface area (Å²) in [7, 11) is 3.34. The Bertz CT molecular complexity index is 585. The van der Waals surface area contributed by atoms with Crippen LogP contribution in [0.1, 0.15) is 31.4 Å². The van der Waals surface area contributed by atoms with Crippen LogP contribution in [0.15, 0.2) is 24.3 Å². The molecule has 2 rings (SSSR count). The second kappa shape index (κ2) is 8.49. The molecular formula is C18H25ClN2O3. The lowest BCUT2D eigenvalue weighted by atomic mass is 9.97. The fraction of sp³-hybridized carbons (Fsp3) is 0.556. The summed E-state index contributed by atoms with van der Waals surface area (Å²) in [6.45, 7) is 3.62. The molecule has 1 aromatic carbocycles. The molecule has 132 valence electrons. The lowest BCUT2D eigenvalue weighted by Gasteiger charge is -2.33. The van der Waals surface area contributed by atoms with E-state index in [1.807, 2.05) is 41.1 Å². The minimum absolute atomic E-state index is 0.0813. The van der Waals surface area contributed by atoms with Gasteiger partial charge in [0, 0.05) is 24.2 Å². The van der Waals surface area contributed by atoms with E-state index in [1.165, 1.54) is 7.11 Å². The molecule has 24 heavy (non-hydrogen) atoms. The van der Waals surface area contributed by atoms with Gasteiger partial charge in [-0.2, -0.15) is 0 Å². The highest BCUT2D eigenvalue weighted by atomic mass is 35.5. The van der Waals surface area contributed by atoms with Gasteiger partial charge in [-0.3, -0.25) is 14.5 Å². The third-order valence-electron chi connectivity index (χ3n) is 4.76. The molecule has 0 N–H and O–H groups in total. The maximum Gasteiger partial charge on any atom is 0.308 e. The molecule has 0 aromatic heterocycles. The van der Waals surface area contributed by atoms with E-state index >= 15 is 0 Å². The summed E-state index contributed by atoms with van der Waals surface area (Å²) in [5, 5.41) is 0.698. The lowest BCUT2D eigenvalue weighted by molar-refractivity contribution is -0.149. The zero-order chi connectivity index (χ0) is 17.7. The standard InChI is InChI=1S/C18H25ClN2O3/c1-13(15-5-4-6-16(19)11-15)20(2)12-17(22)21-9-7-14(8-10-21)18(23)24-3/h4-6,11,13-14H,7-10,12H2,1-3H3. The van der Waals surface area contributed by atoms with E-state index in [-0.39, 0.29) is 23.8 Å². The highest BCUT2D eigenvalue weighted by Crippen LogP contribution is 2.23. The van der Waals surface area contributed by atoms with E-state index in [0.717, 1.165) is 5.56 Å². The highest BCUT2D eigenvalue weighted by Gasteiger charge is 2.28. The van der Waals surface area contributed by atoms with E-state index in [1.54, 1.807) is 0 Å². The minimum atomic E-state index is -0.172. The molecule has 1 aromatic rings. The van der Waals surface area contributed by atoms with Crippen LogP contribution in [0.5, 0.6) is 0 Å². The maximum atomic E-state index is 12.5. The second-order valence-corrected chi connectivity index (χ2v) is 6.76. The van der Waals surface area contributed by atoms with Gasteiger partial charge >= 0.3 is 5.97 Å². The van der Waals surface area contributed by atoms with Crippen LogP contribution in [0, 0.1) is 5.92 Å². The minimum Gasteiger partial charge on any atom is -0.469 e. The van der Waals surface area contributed by atoms with Crippen molar-refractivity contribution in [3.63, 3.8) is 0 Å². The first-order chi connectivity index (χ1) is 11.4. The first-order valence-corrected chi connectivity index (χ1v) is 8.61. The quantitative estimate of drug-likeness (QED) is 0.764. The molecule has 1 aliphatic rings. The van der Waals surface area contributed by atoms with Crippen molar-refractivity contribution < 1.29 is 14.3 Å². The first-order valence-electron chi connectivity index (χ1n) is 8.23. The molecule has 1 atom stereocenters. The van der Waals surface area contributed by atoms with Gasteiger partial charge in [0.2, 0.25) is 5.91 Å². The predicted octanol–water partition coefficient (Wildman–Crippen LogP) is 2.74. The van der Waals surface area contributed by atoms with Crippen LogP contribution < -0.4 is 0 Å². The van der Waals surface area contributed by atoms with Crippen molar-refractivity contribution in [2.24, 2.45) is 5.92 Å². The maximum absolute atomic E-state index is 12.5. The Hall–Kier alpha value is -1.59. The van der Waals surface area contributed by atoms with Crippen molar-refractivity contribution in [2.75, 3.05) is 33.8 Å². The molecule has 1 fully saturated rings. The SMILES string of the molecule is COC(=O)C1CCN(C(=O)CN(C)C(C)c2cccc(Cl)c2)CC1. The van der Waals surface area contributed by atoms with Crippen LogP contribution in [0.3, 0.4) is 0 Å². The normalized spacial score (nSPS) is 17.0. The predicted molar refractivity (Wildman–Crippen MR) is 93.8 cm³/mol. The zero-order valence-corrected chi connectivity index (χ0v) is 15.3. The molecule has 1 heterocycles. The second-order valence-electron chi connectivity index (χ2n) is 6.32. The summed E-state index contributed by atoms with van der Waals surface area (Å²) >= 11 is 6.04. The van der Waals surface area contributed by atoms with Crippen LogP contribution in [-0.4, -0.2) is 55.5 Å². The van der Waals surface area contributed by atoms with Crippen molar-refractivity contribution in [3.8, 4) is 0 Å². The number of carbonyl (C=O) groups is 2. The third kappa shape index (κ3) is 4.71. The Morgan fingerprint density at radius 3 is 2.62 bits per heavy atom. The topological polar surface area (TPSA) is 49.9 Å². The molecular weight excluding hydrogens is 328 g/mol. The number of methoxy groups -OCH3 is 1. The molecule has 0 aliphatic carbocycles. The number of likely N-dealkylation sites (N-methyl/N-ethyl adjacent to an activating group) is 1. The number of benzene rings is 1. The fourth-order valence-electron chi connectivity index (χ4n) is 3.00. The summed E-state index contributed by atoms with van der Waals surface area (Å²) in [6.07, 6.45) is 1.35. The Morgan fingerprint density at radius 2 is 2.04 bits per heavy atom. The van der Waals surface area contributed by atoms with Crippen molar-refractivity contribution >= 4 is 23.5 Å². The average Bonchev–Trinajstić information content (AvgIpc) is 2.60. The van der Waals surface area contributed by atoms with E-state index in [4.69, 9.17) is 16.3 Å². The molecule has 1 saturated heterocycles. The number of hydrogen-bond acceptors (Lipinski definition) is 4. The van der Waals surface area contributed by atoms with Crippen molar-refractivity contribution in [3.05, 3.63) is 34.9 Å². The number of rotatable bonds is 5. The Balaban J connectivity index is 1.87. The first kappa shape index (κ1) is 18.7. The van der Waals surface area contributed by atoms with Crippen LogP contribution in [0.4, 0.5) is 0 Å². The molecule has 5 nitrogen and oxygen atoms in total. The lowest BCUT2D eigenvalue weighted by Crippen LogP contribution is -2.44. The number of halogens is 1. The van der Waals surface area contributed by atoms with E-state index in [2.05, 4.69) is 6.92 Å². The zero-order valence-electron chi connectivity index (χ0n) is 14.5. The van der Waals surface area contributed by atoms with Crippen LogP contribution in [0.2, 0.25) is 5.02 Å². The fourth-order valence-corrected chi connectivity index (χ4v) is 3.20. The largest absolute Gasteiger partial charge is 0.469 e. The molecule has 1 unspecified atom stereocenters. The van der Waals surface area contributed by atoms with E-state index in [0.29, 0.717) is 37.5 Å². The van der Waals surface area contributed by atoms with E-state index in [9.17, 15) is 9.59 Å². The third-order valence-corrected chi connectivity index (χ3v) is 4.99. The Kier molecular flexibility index (Phi) is 6.63. The monoisotopic (exact) mass is 352 g/mol. The molecule has 0 radical (unpaired) electrons. The highest BCUT2D eigenvalue weighted by molar-refractivity contribution is 6.30. The Morgan fingerprint density at radius 1 is 1.38 bits per heavy atom. The molecule has 0 spiro atoms. The molecule has 1 amide bonds.